The molecule has 2 aromatic rings. The van der Waals surface area contributed by atoms with Crippen molar-refractivity contribution in [3.8, 4) is 5.75 Å². The number of halogens is 3. The van der Waals surface area contributed by atoms with E-state index in [9.17, 15) is 9.90 Å². The molecule has 0 atom stereocenters. The summed E-state index contributed by atoms with van der Waals surface area (Å²) in [6, 6.07) is 9.16. The Hall–Kier alpha value is -0.780. The van der Waals surface area contributed by atoms with Gasteiger partial charge in [-0.05, 0) is 99.8 Å². The summed E-state index contributed by atoms with van der Waals surface area (Å²) in [7, 11) is 0. The molecule has 25 heavy (non-hydrogen) atoms. The van der Waals surface area contributed by atoms with Crippen LogP contribution in [0.5, 0.6) is 5.75 Å². The first-order valence-corrected chi connectivity index (χ1v) is 10.4. The molecule has 0 saturated carbocycles. The number of phenols is 1. The first-order valence-electron chi connectivity index (χ1n) is 7.08. The minimum atomic E-state index is -0.239. The number of carbonyl (C=O) groups is 1. The van der Waals surface area contributed by atoms with Gasteiger partial charge in [-0.15, -0.1) is 0 Å². The Morgan fingerprint density at radius 1 is 1.32 bits per heavy atom. The van der Waals surface area contributed by atoms with Crippen molar-refractivity contribution in [3.05, 3.63) is 58.5 Å². The van der Waals surface area contributed by atoms with Crippen molar-refractivity contribution in [2.45, 2.75) is 6.92 Å². The molecular formula is C17H11ClI2N2O2S. The van der Waals surface area contributed by atoms with E-state index in [1.54, 1.807) is 12.1 Å². The normalized spacial score (nSPS) is 17.4. The number of carbonyl (C=O) groups excluding carboxylic acids is 1. The molecule has 8 heteroatoms. The number of hydrogen-bond acceptors (Lipinski definition) is 4. The predicted octanol–water partition coefficient (Wildman–Crippen LogP) is 5.45. The average molecular weight is 597 g/mol. The molecule has 128 valence electrons. The summed E-state index contributed by atoms with van der Waals surface area (Å²) in [5, 5.41) is 14.1. The minimum Gasteiger partial charge on any atom is -0.506 e. The van der Waals surface area contributed by atoms with Crippen LogP contribution in [-0.4, -0.2) is 16.2 Å². The maximum Gasteiger partial charge on any atom is 0.264 e. The van der Waals surface area contributed by atoms with E-state index in [1.807, 2.05) is 31.2 Å². The highest BCUT2D eigenvalue weighted by molar-refractivity contribution is 14.1. The van der Waals surface area contributed by atoms with Crippen molar-refractivity contribution >= 4 is 91.4 Å². The summed E-state index contributed by atoms with van der Waals surface area (Å²) in [6.45, 7) is 1.88. The van der Waals surface area contributed by atoms with Crippen molar-refractivity contribution in [3.63, 3.8) is 0 Å². The Morgan fingerprint density at radius 3 is 2.84 bits per heavy atom. The van der Waals surface area contributed by atoms with Gasteiger partial charge in [0, 0.05) is 14.2 Å². The van der Waals surface area contributed by atoms with E-state index in [1.165, 1.54) is 11.8 Å². The van der Waals surface area contributed by atoms with Crippen molar-refractivity contribution < 1.29 is 9.90 Å². The maximum absolute atomic E-state index is 12.2. The van der Waals surface area contributed by atoms with Gasteiger partial charge in [0.25, 0.3) is 5.91 Å². The lowest BCUT2D eigenvalue weighted by molar-refractivity contribution is -0.115. The van der Waals surface area contributed by atoms with E-state index in [0.29, 0.717) is 26.3 Å². The number of phenolic OH excluding ortho intramolecular Hbond substituents is 1. The fourth-order valence-corrected chi connectivity index (χ4v) is 5.03. The van der Waals surface area contributed by atoms with E-state index < -0.39 is 0 Å². The molecule has 1 heterocycles. The molecule has 1 saturated heterocycles. The molecule has 1 fully saturated rings. The number of nitrogens with zero attached hydrogens (tertiary/aromatic N) is 1. The van der Waals surface area contributed by atoms with Crippen LogP contribution >= 0.6 is 68.5 Å². The third-order valence-electron chi connectivity index (χ3n) is 3.46. The molecule has 0 bridgehead atoms. The second-order valence-electron chi connectivity index (χ2n) is 5.19. The summed E-state index contributed by atoms with van der Waals surface area (Å²) in [4.78, 5) is 17.2. The summed E-state index contributed by atoms with van der Waals surface area (Å²) < 4.78 is 1.72. The number of amidine groups is 1. The van der Waals surface area contributed by atoms with E-state index in [2.05, 4.69) is 55.5 Å². The molecule has 4 nitrogen and oxygen atoms in total. The fraction of sp³-hybridized carbons (Fsp3) is 0.0588. The third kappa shape index (κ3) is 4.32. The largest absolute Gasteiger partial charge is 0.506 e. The van der Waals surface area contributed by atoms with Gasteiger partial charge in [0.2, 0.25) is 0 Å². The smallest absolute Gasteiger partial charge is 0.264 e. The highest BCUT2D eigenvalue weighted by atomic mass is 127. The molecule has 0 unspecified atom stereocenters. The molecule has 0 radical (unpaired) electrons. The number of rotatable bonds is 2. The average Bonchev–Trinajstić information content (AvgIpc) is 2.88. The molecule has 1 amide bonds. The van der Waals surface area contributed by atoms with E-state index in [-0.39, 0.29) is 11.7 Å². The molecule has 1 aliphatic rings. The van der Waals surface area contributed by atoms with Gasteiger partial charge in [-0.3, -0.25) is 4.79 Å². The Kier molecular flexibility index (Phi) is 5.96. The Balaban J connectivity index is 1.93. The maximum atomic E-state index is 12.2. The van der Waals surface area contributed by atoms with Crippen LogP contribution in [0.3, 0.4) is 0 Å². The molecular weight excluding hydrogens is 586 g/mol. The monoisotopic (exact) mass is 596 g/mol. The molecule has 0 aromatic heterocycles. The first-order chi connectivity index (χ1) is 11.8. The van der Waals surface area contributed by atoms with Crippen molar-refractivity contribution in [1.82, 2.24) is 5.32 Å². The molecule has 2 aromatic carbocycles. The van der Waals surface area contributed by atoms with Crippen LogP contribution in [0.15, 0.2) is 40.2 Å². The number of hydrogen-bond donors (Lipinski definition) is 2. The fourth-order valence-electron chi connectivity index (χ4n) is 2.14. The lowest BCUT2D eigenvalue weighted by Crippen LogP contribution is -2.19. The third-order valence-corrected chi connectivity index (χ3v) is 6.22. The van der Waals surface area contributed by atoms with Crippen molar-refractivity contribution in [2.75, 3.05) is 0 Å². The molecule has 0 aliphatic carbocycles. The van der Waals surface area contributed by atoms with Crippen LogP contribution in [0.2, 0.25) is 5.02 Å². The Labute approximate surface area is 181 Å². The van der Waals surface area contributed by atoms with Gasteiger partial charge >= 0.3 is 0 Å². The summed E-state index contributed by atoms with van der Waals surface area (Å²) in [6.07, 6.45) is 1.67. The van der Waals surface area contributed by atoms with Gasteiger partial charge in [-0.1, -0.05) is 17.7 Å². The lowest BCUT2D eigenvalue weighted by Gasteiger charge is -2.04. The van der Waals surface area contributed by atoms with Crippen LogP contribution in [0, 0.1) is 14.1 Å². The first kappa shape index (κ1) is 19.0. The Morgan fingerprint density at radius 2 is 2.08 bits per heavy atom. The van der Waals surface area contributed by atoms with E-state index in [0.717, 1.165) is 12.7 Å². The summed E-state index contributed by atoms with van der Waals surface area (Å²) in [5.74, 6) is -0.0744. The number of nitrogens with one attached hydrogen (secondary N) is 1. The summed E-state index contributed by atoms with van der Waals surface area (Å²) >= 11 is 11.6. The number of aromatic hydroxyl groups is 1. The highest BCUT2D eigenvalue weighted by Crippen LogP contribution is 2.34. The quantitative estimate of drug-likeness (QED) is 0.358. The minimum absolute atomic E-state index is 0.165. The van der Waals surface area contributed by atoms with Crippen molar-refractivity contribution in [2.24, 2.45) is 4.99 Å². The zero-order valence-electron chi connectivity index (χ0n) is 12.8. The van der Waals surface area contributed by atoms with Gasteiger partial charge in [-0.25, -0.2) is 4.99 Å². The number of amides is 1. The predicted molar refractivity (Wildman–Crippen MR) is 121 cm³/mol. The molecule has 0 spiro atoms. The second kappa shape index (κ2) is 7.85. The number of benzene rings is 2. The Bertz CT molecular complexity index is 944. The topological polar surface area (TPSA) is 61.7 Å². The van der Waals surface area contributed by atoms with Crippen LogP contribution in [0.4, 0.5) is 5.69 Å². The highest BCUT2D eigenvalue weighted by Gasteiger charge is 2.24. The van der Waals surface area contributed by atoms with Gasteiger partial charge < -0.3 is 10.4 Å². The molecule has 2 N–H and O–H groups in total. The van der Waals surface area contributed by atoms with Crippen molar-refractivity contribution in [1.29, 1.82) is 0 Å². The number of aliphatic imine (C=N–C) groups is 1. The lowest BCUT2D eigenvalue weighted by atomic mass is 10.2. The van der Waals surface area contributed by atoms with E-state index >= 15 is 0 Å². The van der Waals surface area contributed by atoms with Gasteiger partial charge in [0.1, 0.15) is 5.75 Å². The molecule has 3 rings (SSSR count). The second-order valence-corrected chi connectivity index (χ2v) is 9.04. The van der Waals surface area contributed by atoms with Gasteiger partial charge in [-0.2, -0.15) is 0 Å². The number of thioether (sulfide) groups is 1. The van der Waals surface area contributed by atoms with Gasteiger partial charge in [0.05, 0.1) is 14.2 Å². The zero-order chi connectivity index (χ0) is 18.1. The zero-order valence-corrected chi connectivity index (χ0v) is 18.7. The molecule has 1 aliphatic heterocycles. The van der Waals surface area contributed by atoms with E-state index in [4.69, 9.17) is 11.6 Å². The standard InChI is InChI=1S/C17H11ClI2N2O2S/c1-8-11(18)3-2-4-13(8)21-17-22-16(24)14(25-17)6-9-5-10(19)7-12(20)15(9)23/h2-7,23H,1H3,(H,21,22,24)/b14-6-. The SMILES string of the molecule is Cc1c(Cl)cccc1N=C1NC(=O)/C(=C/c2cc(I)cc(I)c2O)S1. The summed E-state index contributed by atoms with van der Waals surface area (Å²) in [5.41, 5.74) is 2.17. The van der Waals surface area contributed by atoms with Crippen LogP contribution in [-0.2, 0) is 4.79 Å². The van der Waals surface area contributed by atoms with Crippen LogP contribution in [0.25, 0.3) is 6.08 Å². The van der Waals surface area contributed by atoms with Crippen LogP contribution in [0.1, 0.15) is 11.1 Å². The van der Waals surface area contributed by atoms with Gasteiger partial charge in [0.15, 0.2) is 5.17 Å². The van der Waals surface area contributed by atoms with Crippen LogP contribution < -0.4 is 5.32 Å².